The third kappa shape index (κ3) is 3.35. The average molecular weight is 290 g/mol. The fourth-order valence-corrected chi connectivity index (χ4v) is 2.70. The minimum atomic E-state index is -0.972. The Morgan fingerprint density at radius 2 is 2.00 bits per heavy atom. The number of carboxylic acids is 1. The van der Waals surface area contributed by atoms with Gasteiger partial charge in [0, 0.05) is 25.8 Å². The van der Waals surface area contributed by atoms with Crippen LogP contribution in [0.15, 0.2) is 18.2 Å². The van der Waals surface area contributed by atoms with Crippen molar-refractivity contribution in [3.05, 3.63) is 29.3 Å². The van der Waals surface area contributed by atoms with Gasteiger partial charge in [-0.3, -0.25) is 4.90 Å². The molecular weight excluding hydrogens is 268 g/mol. The van der Waals surface area contributed by atoms with Crippen LogP contribution in [0.2, 0.25) is 0 Å². The van der Waals surface area contributed by atoms with Gasteiger partial charge >= 0.3 is 12.0 Å². The molecule has 0 atom stereocenters. The van der Waals surface area contributed by atoms with E-state index in [0.717, 1.165) is 17.7 Å². The molecule has 114 valence electrons. The average Bonchev–Trinajstić information content (AvgIpc) is 2.78. The number of aromatic carboxylic acids is 1. The Bertz CT molecular complexity index is 575. The van der Waals surface area contributed by atoms with Crippen LogP contribution in [0.3, 0.4) is 0 Å². The van der Waals surface area contributed by atoms with E-state index in [9.17, 15) is 9.59 Å². The summed E-state index contributed by atoms with van der Waals surface area (Å²) in [7, 11) is 1.78. The van der Waals surface area contributed by atoms with Crippen molar-refractivity contribution in [1.82, 2.24) is 4.90 Å². The van der Waals surface area contributed by atoms with Crippen LogP contribution in [-0.4, -0.2) is 42.1 Å². The number of anilines is 1. The molecule has 21 heavy (non-hydrogen) atoms. The Labute approximate surface area is 125 Å². The predicted octanol–water partition coefficient (Wildman–Crippen LogP) is 2.85. The molecule has 1 N–H and O–H groups in total. The van der Waals surface area contributed by atoms with Gasteiger partial charge in [-0.25, -0.2) is 9.59 Å². The summed E-state index contributed by atoms with van der Waals surface area (Å²) in [6.45, 7) is 7.49. The van der Waals surface area contributed by atoms with Crippen molar-refractivity contribution >= 4 is 17.7 Å². The third-order valence-corrected chi connectivity index (χ3v) is 3.50. The molecule has 5 nitrogen and oxygen atoms in total. The molecule has 0 fully saturated rings. The van der Waals surface area contributed by atoms with E-state index in [-0.39, 0.29) is 17.0 Å². The van der Waals surface area contributed by atoms with Crippen molar-refractivity contribution in [2.24, 2.45) is 5.41 Å². The summed E-state index contributed by atoms with van der Waals surface area (Å²) < 4.78 is 0. The van der Waals surface area contributed by atoms with Crippen LogP contribution in [0.5, 0.6) is 0 Å². The smallest absolute Gasteiger partial charge is 0.335 e. The molecule has 0 saturated heterocycles. The molecule has 1 heterocycles. The quantitative estimate of drug-likeness (QED) is 0.911. The maximum atomic E-state index is 12.6. The number of amides is 2. The molecule has 5 heteroatoms. The Balaban J connectivity index is 2.23. The second kappa shape index (κ2) is 5.39. The fourth-order valence-electron chi connectivity index (χ4n) is 2.70. The van der Waals surface area contributed by atoms with Crippen molar-refractivity contribution in [2.45, 2.75) is 27.2 Å². The zero-order valence-electron chi connectivity index (χ0n) is 13.0. The van der Waals surface area contributed by atoms with E-state index in [1.165, 1.54) is 0 Å². The van der Waals surface area contributed by atoms with Gasteiger partial charge in [-0.1, -0.05) is 26.8 Å². The second-order valence-electron chi connectivity index (χ2n) is 6.75. The van der Waals surface area contributed by atoms with E-state index < -0.39 is 5.97 Å². The molecule has 2 rings (SSSR count). The molecule has 0 saturated carbocycles. The molecule has 1 aromatic rings. The van der Waals surface area contributed by atoms with Gasteiger partial charge in [-0.2, -0.15) is 0 Å². The third-order valence-electron chi connectivity index (χ3n) is 3.50. The second-order valence-corrected chi connectivity index (χ2v) is 6.75. The van der Waals surface area contributed by atoms with Crippen molar-refractivity contribution in [3.63, 3.8) is 0 Å². The monoisotopic (exact) mass is 290 g/mol. The number of fused-ring (bicyclic) bond motifs is 1. The molecule has 2 amide bonds. The normalized spacial score (nSPS) is 14.0. The van der Waals surface area contributed by atoms with Gasteiger partial charge in [-0.15, -0.1) is 0 Å². The fraction of sp³-hybridized carbons (Fsp3) is 0.500. The Morgan fingerprint density at radius 1 is 1.33 bits per heavy atom. The van der Waals surface area contributed by atoms with E-state index in [2.05, 4.69) is 20.8 Å². The lowest BCUT2D eigenvalue weighted by Crippen LogP contribution is -2.43. The standard InChI is InChI=1S/C16H22N2O3/c1-16(2,3)10-17(4)15(21)18-8-7-11-5-6-12(14(19)20)9-13(11)18/h5-6,9H,7-8,10H2,1-4H3,(H,19,20). The SMILES string of the molecule is CN(CC(C)(C)C)C(=O)N1CCc2ccc(C(=O)O)cc21. The van der Waals surface area contributed by atoms with Crippen LogP contribution in [0.25, 0.3) is 0 Å². The van der Waals surface area contributed by atoms with E-state index >= 15 is 0 Å². The molecule has 0 aliphatic carbocycles. The number of rotatable bonds is 2. The first-order valence-corrected chi connectivity index (χ1v) is 7.08. The zero-order valence-corrected chi connectivity index (χ0v) is 13.0. The number of nitrogens with zero attached hydrogens (tertiary/aromatic N) is 2. The number of hydrogen-bond donors (Lipinski definition) is 1. The summed E-state index contributed by atoms with van der Waals surface area (Å²) in [6, 6.07) is 4.91. The molecule has 0 radical (unpaired) electrons. The number of benzene rings is 1. The predicted molar refractivity (Wildman–Crippen MR) is 81.9 cm³/mol. The van der Waals surface area contributed by atoms with Crippen molar-refractivity contribution in [2.75, 3.05) is 25.0 Å². The van der Waals surface area contributed by atoms with E-state index in [0.29, 0.717) is 13.1 Å². The van der Waals surface area contributed by atoms with Crippen molar-refractivity contribution in [3.8, 4) is 0 Å². The van der Waals surface area contributed by atoms with Gasteiger partial charge in [0.05, 0.1) is 5.56 Å². The van der Waals surface area contributed by atoms with Crippen molar-refractivity contribution < 1.29 is 14.7 Å². The number of carbonyl (C=O) groups is 2. The maximum absolute atomic E-state index is 12.6. The highest BCUT2D eigenvalue weighted by Crippen LogP contribution is 2.30. The topological polar surface area (TPSA) is 60.9 Å². The van der Waals surface area contributed by atoms with Gasteiger partial charge in [0.15, 0.2) is 0 Å². The van der Waals surface area contributed by atoms with Crippen LogP contribution in [0, 0.1) is 5.41 Å². The lowest BCUT2D eigenvalue weighted by atomic mass is 9.96. The largest absolute Gasteiger partial charge is 0.478 e. The number of carbonyl (C=O) groups excluding carboxylic acids is 1. The highest BCUT2D eigenvalue weighted by Gasteiger charge is 2.29. The highest BCUT2D eigenvalue weighted by atomic mass is 16.4. The Kier molecular flexibility index (Phi) is 3.94. The summed E-state index contributed by atoms with van der Waals surface area (Å²) in [5, 5.41) is 9.09. The summed E-state index contributed by atoms with van der Waals surface area (Å²) in [5.41, 5.74) is 1.99. The number of hydrogen-bond acceptors (Lipinski definition) is 2. The summed E-state index contributed by atoms with van der Waals surface area (Å²) in [5.74, 6) is -0.972. The molecule has 0 bridgehead atoms. The Hall–Kier alpha value is -2.04. The van der Waals surface area contributed by atoms with Crippen LogP contribution >= 0.6 is 0 Å². The molecular formula is C16H22N2O3. The van der Waals surface area contributed by atoms with Gasteiger partial charge in [0.25, 0.3) is 0 Å². The molecule has 0 spiro atoms. The number of carboxylic acid groups (broad SMARTS) is 1. The Morgan fingerprint density at radius 3 is 2.57 bits per heavy atom. The van der Waals surface area contributed by atoms with Gasteiger partial charge < -0.3 is 10.0 Å². The van der Waals surface area contributed by atoms with E-state index in [1.807, 2.05) is 0 Å². The van der Waals surface area contributed by atoms with Crippen LogP contribution in [0.1, 0.15) is 36.7 Å². The summed E-state index contributed by atoms with van der Waals surface area (Å²) >= 11 is 0. The lowest BCUT2D eigenvalue weighted by molar-refractivity contribution is 0.0697. The first-order valence-electron chi connectivity index (χ1n) is 7.08. The summed E-state index contributed by atoms with van der Waals surface area (Å²) in [6.07, 6.45) is 0.768. The minimum absolute atomic E-state index is 0.0237. The first kappa shape index (κ1) is 15.4. The van der Waals surface area contributed by atoms with Crippen LogP contribution in [0.4, 0.5) is 10.5 Å². The van der Waals surface area contributed by atoms with Crippen LogP contribution in [-0.2, 0) is 6.42 Å². The molecule has 1 aliphatic rings. The van der Waals surface area contributed by atoms with Gasteiger partial charge in [-0.05, 0) is 29.5 Å². The van der Waals surface area contributed by atoms with Gasteiger partial charge in [0.1, 0.15) is 0 Å². The van der Waals surface area contributed by atoms with Crippen LogP contribution < -0.4 is 4.90 Å². The zero-order chi connectivity index (χ0) is 15.8. The minimum Gasteiger partial charge on any atom is -0.478 e. The molecule has 0 unspecified atom stereocenters. The van der Waals surface area contributed by atoms with E-state index in [4.69, 9.17) is 5.11 Å². The van der Waals surface area contributed by atoms with Gasteiger partial charge in [0.2, 0.25) is 0 Å². The lowest BCUT2D eigenvalue weighted by Gasteiger charge is -2.30. The maximum Gasteiger partial charge on any atom is 0.335 e. The summed E-state index contributed by atoms with van der Waals surface area (Å²) in [4.78, 5) is 27.0. The number of urea groups is 1. The van der Waals surface area contributed by atoms with E-state index in [1.54, 1.807) is 35.0 Å². The molecule has 0 aromatic heterocycles. The molecule has 1 aromatic carbocycles. The molecule has 1 aliphatic heterocycles. The first-order chi connectivity index (χ1) is 9.69. The van der Waals surface area contributed by atoms with Crippen molar-refractivity contribution in [1.29, 1.82) is 0 Å². The highest BCUT2D eigenvalue weighted by molar-refractivity contribution is 5.96.